The van der Waals surface area contributed by atoms with Crippen molar-refractivity contribution in [2.75, 3.05) is 19.0 Å². The summed E-state index contributed by atoms with van der Waals surface area (Å²) in [6.07, 6.45) is 0.736. The van der Waals surface area contributed by atoms with E-state index < -0.39 is 0 Å². The van der Waals surface area contributed by atoms with Gasteiger partial charge in [0.2, 0.25) is 5.96 Å². The molecule has 0 bridgehead atoms. The van der Waals surface area contributed by atoms with Crippen LogP contribution in [0.4, 0.5) is 5.69 Å². The molecule has 1 aromatic heterocycles. The van der Waals surface area contributed by atoms with Crippen molar-refractivity contribution in [2.24, 2.45) is 4.99 Å². The number of guanidine groups is 1. The predicted molar refractivity (Wildman–Crippen MR) is 133 cm³/mol. The number of carbonyl (C=O) groups excluding carboxylic acids is 1. The lowest BCUT2D eigenvalue weighted by atomic mass is 10.1. The minimum atomic E-state index is -0.206. The van der Waals surface area contributed by atoms with Crippen LogP contribution >= 0.6 is 0 Å². The third-order valence-corrected chi connectivity index (χ3v) is 5.51. The molecule has 33 heavy (non-hydrogen) atoms. The van der Waals surface area contributed by atoms with Gasteiger partial charge in [-0.3, -0.25) is 19.8 Å². The molecular weight excluding hydrogens is 414 g/mol. The summed E-state index contributed by atoms with van der Waals surface area (Å²) in [5.74, 6) is 0.908. The standard InChI is InChI=1S/C26H33N5O2/c1-7-31-20(5)24(19(4)30-31)11-12-27-26(28-22-9-8-10-23(16-22)33-6)29-25(32)21-14-17(2)13-18(3)15-21/h8-10,13-16H,7,11-12H2,1-6H3,(H2,27,28,29,32). The normalized spacial score (nSPS) is 11.4. The van der Waals surface area contributed by atoms with E-state index in [1.54, 1.807) is 7.11 Å². The summed E-state index contributed by atoms with van der Waals surface area (Å²) in [7, 11) is 1.62. The molecule has 0 saturated carbocycles. The van der Waals surface area contributed by atoms with Gasteiger partial charge in [0.1, 0.15) is 5.75 Å². The van der Waals surface area contributed by atoms with Crippen molar-refractivity contribution < 1.29 is 9.53 Å². The van der Waals surface area contributed by atoms with Crippen molar-refractivity contribution in [2.45, 2.75) is 47.6 Å². The Balaban J connectivity index is 1.82. The second-order valence-corrected chi connectivity index (χ2v) is 8.13. The molecule has 7 heteroatoms. The zero-order chi connectivity index (χ0) is 24.0. The number of aromatic nitrogens is 2. The van der Waals surface area contributed by atoms with Gasteiger partial charge in [0.05, 0.1) is 12.8 Å². The molecule has 0 saturated heterocycles. The van der Waals surface area contributed by atoms with Crippen LogP contribution in [0.5, 0.6) is 5.75 Å². The quantitative estimate of drug-likeness (QED) is 0.410. The van der Waals surface area contributed by atoms with Crippen molar-refractivity contribution in [3.63, 3.8) is 0 Å². The number of anilines is 1. The number of amides is 1. The van der Waals surface area contributed by atoms with E-state index in [-0.39, 0.29) is 5.91 Å². The summed E-state index contributed by atoms with van der Waals surface area (Å²) in [5, 5.41) is 10.8. The SMILES string of the molecule is CCn1nc(C)c(CCN=C(NC(=O)c2cc(C)cc(C)c2)Nc2cccc(OC)c2)c1C. The molecule has 0 unspecified atom stereocenters. The second kappa shape index (κ2) is 10.8. The molecule has 0 radical (unpaired) electrons. The average molecular weight is 448 g/mol. The maximum atomic E-state index is 13.0. The minimum absolute atomic E-state index is 0.206. The van der Waals surface area contributed by atoms with Crippen molar-refractivity contribution >= 4 is 17.6 Å². The zero-order valence-electron chi connectivity index (χ0n) is 20.3. The number of methoxy groups -OCH3 is 1. The summed E-state index contributed by atoms with van der Waals surface area (Å²) in [5.41, 5.74) is 6.83. The molecule has 2 aromatic carbocycles. The van der Waals surface area contributed by atoms with Crippen LogP contribution in [-0.4, -0.2) is 35.3 Å². The zero-order valence-corrected chi connectivity index (χ0v) is 20.3. The van der Waals surface area contributed by atoms with Crippen LogP contribution in [0.3, 0.4) is 0 Å². The molecule has 0 aliphatic rings. The van der Waals surface area contributed by atoms with Crippen LogP contribution < -0.4 is 15.4 Å². The van der Waals surface area contributed by atoms with E-state index in [0.717, 1.165) is 46.9 Å². The third kappa shape index (κ3) is 6.22. The Morgan fingerprint density at radius 2 is 1.82 bits per heavy atom. The van der Waals surface area contributed by atoms with Crippen LogP contribution in [0.25, 0.3) is 0 Å². The third-order valence-electron chi connectivity index (χ3n) is 5.51. The fourth-order valence-corrected chi connectivity index (χ4v) is 3.92. The Bertz CT molecular complexity index is 1140. The monoisotopic (exact) mass is 447 g/mol. The fourth-order valence-electron chi connectivity index (χ4n) is 3.92. The van der Waals surface area contributed by atoms with Crippen LogP contribution in [0.1, 0.15) is 45.4 Å². The maximum absolute atomic E-state index is 13.0. The summed E-state index contributed by atoms with van der Waals surface area (Å²) in [6, 6.07) is 13.3. The lowest BCUT2D eigenvalue weighted by Crippen LogP contribution is -2.36. The first kappa shape index (κ1) is 24.0. The van der Waals surface area contributed by atoms with Crippen molar-refractivity contribution in [3.8, 4) is 5.75 Å². The molecule has 0 aliphatic heterocycles. The van der Waals surface area contributed by atoms with Gasteiger partial charge in [-0.25, -0.2) is 0 Å². The van der Waals surface area contributed by atoms with Crippen LogP contribution in [0, 0.1) is 27.7 Å². The Morgan fingerprint density at radius 1 is 1.09 bits per heavy atom. The number of ether oxygens (including phenoxy) is 1. The highest BCUT2D eigenvalue weighted by Crippen LogP contribution is 2.17. The van der Waals surface area contributed by atoms with Crippen molar-refractivity contribution in [1.29, 1.82) is 0 Å². The number of benzene rings is 2. The van der Waals surface area contributed by atoms with Gasteiger partial charge in [0.25, 0.3) is 5.91 Å². The first-order valence-electron chi connectivity index (χ1n) is 11.2. The average Bonchev–Trinajstić information content (AvgIpc) is 3.06. The Morgan fingerprint density at radius 3 is 2.45 bits per heavy atom. The maximum Gasteiger partial charge on any atom is 0.257 e. The Labute approximate surface area is 195 Å². The molecule has 174 valence electrons. The lowest BCUT2D eigenvalue weighted by molar-refractivity contribution is 0.0976. The summed E-state index contributed by atoms with van der Waals surface area (Å²) >= 11 is 0. The number of nitrogens with zero attached hydrogens (tertiary/aromatic N) is 3. The Hall–Kier alpha value is -3.61. The summed E-state index contributed by atoms with van der Waals surface area (Å²) in [4.78, 5) is 17.7. The van der Waals surface area contributed by atoms with Crippen LogP contribution in [0.2, 0.25) is 0 Å². The van der Waals surface area contributed by atoms with Gasteiger partial charge < -0.3 is 10.1 Å². The first-order chi connectivity index (χ1) is 15.8. The molecule has 1 heterocycles. The Kier molecular flexibility index (Phi) is 7.87. The van der Waals surface area contributed by atoms with Crippen LogP contribution in [0.15, 0.2) is 47.5 Å². The summed E-state index contributed by atoms with van der Waals surface area (Å²) < 4.78 is 7.32. The van der Waals surface area contributed by atoms with E-state index in [0.29, 0.717) is 18.1 Å². The van der Waals surface area contributed by atoms with Gasteiger partial charge in [-0.1, -0.05) is 23.3 Å². The highest BCUT2D eigenvalue weighted by atomic mass is 16.5. The smallest absolute Gasteiger partial charge is 0.257 e. The highest BCUT2D eigenvalue weighted by Gasteiger charge is 2.13. The second-order valence-electron chi connectivity index (χ2n) is 8.13. The van der Waals surface area contributed by atoms with Gasteiger partial charge in [-0.05, 0) is 70.9 Å². The molecule has 3 aromatic rings. The molecule has 3 rings (SSSR count). The van der Waals surface area contributed by atoms with Crippen LogP contribution in [-0.2, 0) is 13.0 Å². The van der Waals surface area contributed by atoms with E-state index in [1.165, 1.54) is 5.56 Å². The van der Waals surface area contributed by atoms with E-state index in [9.17, 15) is 4.79 Å². The fraction of sp³-hybridized carbons (Fsp3) is 0.346. The van der Waals surface area contributed by atoms with Crippen molar-refractivity contribution in [3.05, 3.63) is 76.1 Å². The molecule has 7 nitrogen and oxygen atoms in total. The topological polar surface area (TPSA) is 80.5 Å². The van der Waals surface area contributed by atoms with Gasteiger partial charge in [-0.15, -0.1) is 0 Å². The largest absolute Gasteiger partial charge is 0.497 e. The minimum Gasteiger partial charge on any atom is -0.497 e. The summed E-state index contributed by atoms with van der Waals surface area (Å²) in [6.45, 7) is 11.5. The lowest BCUT2D eigenvalue weighted by Gasteiger charge is -2.13. The number of aliphatic imine (C=N–C) groups is 1. The molecule has 1 amide bonds. The van der Waals surface area contributed by atoms with E-state index in [2.05, 4.69) is 29.6 Å². The van der Waals surface area contributed by atoms with E-state index in [4.69, 9.17) is 9.73 Å². The van der Waals surface area contributed by atoms with Gasteiger partial charge in [-0.2, -0.15) is 5.10 Å². The van der Waals surface area contributed by atoms with Gasteiger partial charge >= 0.3 is 0 Å². The number of hydrogen-bond donors (Lipinski definition) is 2. The molecule has 2 N–H and O–H groups in total. The number of carbonyl (C=O) groups is 1. The highest BCUT2D eigenvalue weighted by molar-refractivity contribution is 6.10. The molecule has 0 atom stereocenters. The van der Waals surface area contributed by atoms with Crippen molar-refractivity contribution in [1.82, 2.24) is 15.1 Å². The number of nitrogens with one attached hydrogen (secondary N) is 2. The molecule has 0 fully saturated rings. The van der Waals surface area contributed by atoms with E-state index >= 15 is 0 Å². The predicted octanol–water partition coefficient (Wildman–Crippen LogP) is 4.59. The molecular formula is C26H33N5O2. The number of hydrogen-bond acceptors (Lipinski definition) is 4. The van der Waals surface area contributed by atoms with E-state index in [1.807, 2.05) is 67.9 Å². The number of aryl methyl sites for hydroxylation is 4. The molecule has 0 spiro atoms. The van der Waals surface area contributed by atoms with Gasteiger partial charge in [0.15, 0.2) is 0 Å². The first-order valence-corrected chi connectivity index (χ1v) is 11.2. The molecule has 0 aliphatic carbocycles. The van der Waals surface area contributed by atoms with Gasteiger partial charge in [0, 0.05) is 36.1 Å². The number of rotatable bonds is 7.